The van der Waals surface area contributed by atoms with Gasteiger partial charge < -0.3 is 25.6 Å². The van der Waals surface area contributed by atoms with Crippen LogP contribution in [0.2, 0.25) is 0 Å². The average Bonchev–Trinajstić information content (AvgIpc) is 3.20. The number of benzene rings is 1. The van der Waals surface area contributed by atoms with Gasteiger partial charge in [-0.1, -0.05) is 63.3 Å². The molecule has 2 aromatic rings. The fourth-order valence-corrected chi connectivity index (χ4v) is 3.47. The summed E-state index contributed by atoms with van der Waals surface area (Å²) in [5.74, 6) is 0.194. The highest BCUT2D eigenvalue weighted by atomic mass is 31.2. The molecule has 1 unspecified atom stereocenters. The third-order valence-corrected chi connectivity index (χ3v) is 5.37. The molecule has 1 atom stereocenters. The monoisotopic (exact) mass is 425 g/mol. The fourth-order valence-electron chi connectivity index (χ4n) is 3.07. The number of aryl methyl sites for hydroxylation is 1. The van der Waals surface area contributed by atoms with Crippen molar-refractivity contribution in [2.24, 2.45) is 5.73 Å². The van der Waals surface area contributed by atoms with E-state index in [0.717, 1.165) is 12.0 Å². The third kappa shape index (κ3) is 7.66. The molecule has 0 aliphatic heterocycles. The van der Waals surface area contributed by atoms with Gasteiger partial charge in [-0.15, -0.1) is 0 Å². The first-order valence-corrected chi connectivity index (χ1v) is 11.5. The van der Waals surface area contributed by atoms with Crippen LogP contribution in [0.15, 0.2) is 30.5 Å². The van der Waals surface area contributed by atoms with Gasteiger partial charge in [0.1, 0.15) is 11.4 Å². The molecule has 0 saturated carbocycles. The summed E-state index contributed by atoms with van der Waals surface area (Å²) in [6.45, 7) is 1.06. The van der Waals surface area contributed by atoms with Gasteiger partial charge in [0.2, 0.25) is 0 Å². The summed E-state index contributed by atoms with van der Waals surface area (Å²) in [5.41, 5.74) is 7.37. The van der Waals surface area contributed by atoms with Crippen molar-refractivity contribution in [2.45, 2.75) is 57.4 Å². The lowest BCUT2D eigenvalue weighted by atomic mass is 10.0. The minimum absolute atomic E-state index is 0.194. The van der Waals surface area contributed by atoms with Crippen LogP contribution in [-0.4, -0.2) is 38.1 Å². The molecular weight excluding hydrogens is 393 g/mol. The molecule has 0 aliphatic carbocycles. The Morgan fingerprint density at radius 2 is 1.79 bits per heavy atom. The standard InChI is InChI=1S/C20H32N3O5P/c1-2-3-4-5-6-7-8-16-9-11-17(12-10-16)18-13-22-19(23-18)20(21,14-24)15-28-29(25,26)27/h9-13,24H,2-8,14-15,21H2,1H3,(H,22,23)(H2,25,26,27). The summed E-state index contributed by atoms with van der Waals surface area (Å²) in [6, 6.07) is 8.15. The van der Waals surface area contributed by atoms with E-state index in [1.165, 1.54) is 44.1 Å². The first-order chi connectivity index (χ1) is 13.8. The zero-order chi connectivity index (χ0) is 21.3. The highest BCUT2D eigenvalue weighted by Crippen LogP contribution is 2.37. The van der Waals surface area contributed by atoms with Crippen LogP contribution in [-0.2, 0) is 21.0 Å². The highest BCUT2D eigenvalue weighted by molar-refractivity contribution is 7.46. The van der Waals surface area contributed by atoms with Crippen LogP contribution in [0, 0.1) is 0 Å². The van der Waals surface area contributed by atoms with Crippen LogP contribution in [0.1, 0.15) is 56.8 Å². The van der Waals surface area contributed by atoms with Crippen molar-refractivity contribution in [2.75, 3.05) is 13.2 Å². The molecule has 0 aliphatic rings. The van der Waals surface area contributed by atoms with Gasteiger partial charge in [-0.25, -0.2) is 9.55 Å². The number of rotatable bonds is 13. The number of unbranched alkanes of at least 4 members (excludes halogenated alkanes) is 5. The number of nitrogens with two attached hydrogens (primary N) is 1. The fraction of sp³-hybridized carbons (Fsp3) is 0.550. The molecule has 2 rings (SSSR count). The number of nitrogens with one attached hydrogen (secondary N) is 1. The van der Waals surface area contributed by atoms with Gasteiger partial charge in [0.05, 0.1) is 25.1 Å². The molecule has 0 amide bonds. The zero-order valence-corrected chi connectivity index (χ0v) is 17.8. The SMILES string of the molecule is CCCCCCCCc1ccc(-c2cnc(C(N)(CO)COP(=O)(O)O)[nH]2)cc1. The number of phosphoric acid groups is 1. The molecule has 1 aromatic carbocycles. The molecule has 162 valence electrons. The van der Waals surface area contributed by atoms with Crippen LogP contribution in [0.25, 0.3) is 11.3 Å². The molecule has 0 fully saturated rings. The normalized spacial score (nSPS) is 14.1. The Morgan fingerprint density at radius 1 is 1.14 bits per heavy atom. The Kier molecular flexibility index (Phi) is 9.02. The molecule has 0 radical (unpaired) electrons. The van der Waals surface area contributed by atoms with E-state index >= 15 is 0 Å². The van der Waals surface area contributed by atoms with Crippen LogP contribution in [0.5, 0.6) is 0 Å². The number of nitrogens with zero attached hydrogens (tertiary/aromatic N) is 1. The highest BCUT2D eigenvalue weighted by Gasteiger charge is 2.33. The molecule has 1 heterocycles. The quantitative estimate of drug-likeness (QED) is 0.245. The van der Waals surface area contributed by atoms with E-state index in [0.29, 0.717) is 5.69 Å². The minimum Gasteiger partial charge on any atom is -0.394 e. The van der Waals surface area contributed by atoms with Gasteiger partial charge in [-0.05, 0) is 24.0 Å². The number of H-pyrrole nitrogens is 1. The maximum atomic E-state index is 10.9. The van der Waals surface area contributed by atoms with Gasteiger partial charge in [0.25, 0.3) is 0 Å². The first-order valence-electron chi connectivity index (χ1n) is 10.0. The number of imidazole rings is 1. The maximum absolute atomic E-state index is 10.9. The van der Waals surface area contributed by atoms with Crippen LogP contribution in [0.4, 0.5) is 0 Å². The summed E-state index contributed by atoms with van der Waals surface area (Å²) in [5, 5.41) is 9.58. The molecule has 0 bridgehead atoms. The first kappa shape index (κ1) is 23.7. The van der Waals surface area contributed by atoms with E-state index in [1.54, 1.807) is 6.20 Å². The second-order valence-electron chi connectivity index (χ2n) is 7.44. The van der Waals surface area contributed by atoms with E-state index < -0.39 is 26.6 Å². The summed E-state index contributed by atoms with van der Waals surface area (Å²) >= 11 is 0. The number of aromatic amines is 1. The summed E-state index contributed by atoms with van der Waals surface area (Å²) in [7, 11) is -4.70. The Balaban J connectivity index is 1.96. The topological polar surface area (TPSA) is 142 Å². The predicted molar refractivity (Wildman–Crippen MR) is 112 cm³/mol. The molecular formula is C20H32N3O5P. The number of hydrogen-bond donors (Lipinski definition) is 5. The number of phosphoric ester groups is 1. The Labute approximate surface area is 171 Å². The van der Waals surface area contributed by atoms with E-state index in [1.807, 2.05) is 12.1 Å². The van der Waals surface area contributed by atoms with Gasteiger partial charge >= 0.3 is 7.82 Å². The summed E-state index contributed by atoms with van der Waals surface area (Å²) in [6.07, 6.45) is 10.2. The van der Waals surface area contributed by atoms with E-state index in [-0.39, 0.29) is 5.82 Å². The van der Waals surface area contributed by atoms with Gasteiger partial charge in [-0.2, -0.15) is 0 Å². The van der Waals surface area contributed by atoms with Gasteiger partial charge in [-0.3, -0.25) is 4.52 Å². The molecule has 8 nitrogen and oxygen atoms in total. The van der Waals surface area contributed by atoms with Crippen LogP contribution < -0.4 is 5.73 Å². The molecule has 9 heteroatoms. The second-order valence-corrected chi connectivity index (χ2v) is 8.68. The molecule has 6 N–H and O–H groups in total. The second kappa shape index (κ2) is 11.0. The zero-order valence-electron chi connectivity index (χ0n) is 16.9. The number of aliphatic hydroxyl groups excluding tert-OH is 1. The van der Waals surface area contributed by atoms with E-state index in [9.17, 15) is 9.67 Å². The lowest BCUT2D eigenvalue weighted by Gasteiger charge is -2.24. The Bertz CT molecular complexity index is 790. The van der Waals surface area contributed by atoms with Crippen molar-refractivity contribution in [1.29, 1.82) is 0 Å². The van der Waals surface area contributed by atoms with Crippen molar-refractivity contribution in [3.8, 4) is 11.3 Å². The van der Waals surface area contributed by atoms with Crippen molar-refractivity contribution >= 4 is 7.82 Å². The van der Waals surface area contributed by atoms with Crippen LogP contribution >= 0.6 is 7.82 Å². The van der Waals surface area contributed by atoms with E-state index in [2.05, 4.69) is 33.5 Å². The van der Waals surface area contributed by atoms with Crippen molar-refractivity contribution in [3.05, 3.63) is 41.9 Å². The Hall–Kier alpha value is -1.54. The molecule has 0 spiro atoms. The van der Waals surface area contributed by atoms with Crippen molar-refractivity contribution < 1.29 is 24.0 Å². The lowest BCUT2D eigenvalue weighted by Crippen LogP contribution is -2.45. The summed E-state index contributed by atoms with van der Waals surface area (Å²) < 4.78 is 15.4. The number of hydrogen-bond acceptors (Lipinski definition) is 5. The number of aromatic nitrogens is 2. The third-order valence-electron chi connectivity index (χ3n) is 4.90. The van der Waals surface area contributed by atoms with Crippen LogP contribution in [0.3, 0.4) is 0 Å². The molecule has 29 heavy (non-hydrogen) atoms. The molecule has 0 saturated heterocycles. The lowest BCUT2D eigenvalue weighted by molar-refractivity contribution is 0.102. The maximum Gasteiger partial charge on any atom is 0.469 e. The van der Waals surface area contributed by atoms with Crippen molar-refractivity contribution in [3.63, 3.8) is 0 Å². The Morgan fingerprint density at radius 3 is 2.41 bits per heavy atom. The van der Waals surface area contributed by atoms with Gasteiger partial charge in [0.15, 0.2) is 0 Å². The predicted octanol–water partition coefficient (Wildman–Crippen LogP) is 3.24. The molecule has 1 aromatic heterocycles. The minimum atomic E-state index is -4.70. The number of aliphatic hydroxyl groups is 1. The van der Waals surface area contributed by atoms with E-state index in [4.69, 9.17) is 15.5 Å². The largest absolute Gasteiger partial charge is 0.469 e. The van der Waals surface area contributed by atoms with Gasteiger partial charge in [0, 0.05) is 0 Å². The smallest absolute Gasteiger partial charge is 0.394 e. The average molecular weight is 425 g/mol. The van der Waals surface area contributed by atoms with Crippen molar-refractivity contribution in [1.82, 2.24) is 9.97 Å². The summed E-state index contributed by atoms with van der Waals surface area (Å²) in [4.78, 5) is 24.9.